The summed E-state index contributed by atoms with van der Waals surface area (Å²) in [5.74, 6) is 0.424. The van der Waals surface area contributed by atoms with Gasteiger partial charge in [0.25, 0.3) is 0 Å². The predicted molar refractivity (Wildman–Crippen MR) is 80.5 cm³/mol. The van der Waals surface area contributed by atoms with Gasteiger partial charge in [0.1, 0.15) is 5.60 Å². The normalized spacial score (nSPS) is 15.7. The molecule has 0 unspecified atom stereocenters. The molecule has 1 saturated heterocycles. The third kappa shape index (κ3) is 5.36. The maximum absolute atomic E-state index is 11.8. The third-order valence-electron chi connectivity index (χ3n) is 3.16. The Balaban J connectivity index is 1.56. The summed E-state index contributed by atoms with van der Waals surface area (Å²) in [6.45, 7) is 8.35. The quantitative estimate of drug-likeness (QED) is 0.669. The summed E-state index contributed by atoms with van der Waals surface area (Å²) in [4.78, 5) is 18.9. The Labute approximate surface area is 126 Å². The van der Waals surface area contributed by atoms with E-state index >= 15 is 0 Å². The van der Waals surface area contributed by atoms with Gasteiger partial charge in [0, 0.05) is 25.6 Å². The van der Waals surface area contributed by atoms with Gasteiger partial charge >= 0.3 is 6.09 Å². The number of benzene rings is 1. The summed E-state index contributed by atoms with van der Waals surface area (Å²) >= 11 is 0. The van der Waals surface area contributed by atoms with Crippen molar-refractivity contribution in [1.29, 1.82) is 0 Å². The van der Waals surface area contributed by atoms with E-state index in [1.807, 2.05) is 51.1 Å². The number of likely N-dealkylation sites (tertiary alicyclic amines) is 1. The Morgan fingerprint density at radius 3 is 2.57 bits per heavy atom. The Hall–Kier alpha value is -1.59. The summed E-state index contributed by atoms with van der Waals surface area (Å²) in [6.07, 6.45) is -0.232. The second-order valence-corrected chi connectivity index (χ2v) is 6.37. The van der Waals surface area contributed by atoms with Crippen molar-refractivity contribution in [3.8, 4) is 0 Å². The minimum absolute atomic E-state index is 0.232. The summed E-state index contributed by atoms with van der Waals surface area (Å²) in [7, 11) is 0. The second-order valence-electron chi connectivity index (χ2n) is 6.37. The molecule has 5 heteroatoms. The SMILES string of the molecule is CC(C)(C)OC(=O)N1CC(CNOCc2ccccc2)C1. The monoisotopic (exact) mass is 292 g/mol. The van der Waals surface area contributed by atoms with E-state index in [1.54, 1.807) is 4.90 Å². The molecule has 1 aliphatic rings. The highest BCUT2D eigenvalue weighted by atomic mass is 16.6. The summed E-state index contributed by atoms with van der Waals surface area (Å²) < 4.78 is 5.31. The van der Waals surface area contributed by atoms with Gasteiger partial charge in [-0.15, -0.1) is 0 Å². The van der Waals surface area contributed by atoms with Crippen LogP contribution in [0.1, 0.15) is 26.3 Å². The van der Waals surface area contributed by atoms with Crippen molar-refractivity contribution in [3.63, 3.8) is 0 Å². The number of carbonyl (C=O) groups is 1. The van der Waals surface area contributed by atoms with Crippen LogP contribution < -0.4 is 5.48 Å². The molecule has 116 valence electrons. The van der Waals surface area contributed by atoms with Crippen molar-refractivity contribution in [2.24, 2.45) is 5.92 Å². The highest BCUT2D eigenvalue weighted by Crippen LogP contribution is 2.18. The van der Waals surface area contributed by atoms with Crippen molar-refractivity contribution in [2.45, 2.75) is 33.0 Å². The average molecular weight is 292 g/mol. The first-order chi connectivity index (χ1) is 9.94. The summed E-state index contributed by atoms with van der Waals surface area (Å²) in [5, 5.41) is 0. The Morgan fingerprint density at radius 1 is 1.29 bits per heavy atom. The van der Waals surface area contributed by atoms with Crippen molar-refractivity contribution < 1.29 is 14.4 Å². The second kappa shape index (κ2) is 6.91. The molecular formula is C16H24N2O3. The van der Waals surface area contributed by atoms with E-state index in [1.165, 1.54) is 0 Å². The van der Waals surface area contributed by atoms with E-state index in [4.69, 9.17) is 9.57 Å². The molecule has 0 radical (unpaired) electrons. The maximum Gasteiger partial charge on any atom is 0.410 e. The van der Waals surface area contributed by atoms with E-state index in [2.05, 4.69) is 5.48 Å². The first-order valence-corrected chi connectivity index (χ1v) is 7.30. The zero-order valence-electron chi connectivity index (χ0n) is 13.0. The number of hydrogen-bond donors (Lipinski definition) is 1. The van der Waals surface area contributed by atoms with Crippen LogP contribution in [0.25, 0.3) is 0 Å². The summed E-state index contributed by atoms with van der Waals surface area (Å²) in [6, 6.07) is 10.0. The van der Waals surface area contributed by atoms with Gasteiger partial charge in [-0.2, -0.15) is 0 Å². The highest BCUT2D eigenvalue weighted by Gasteiger charge is 2.33. The van der Waals surface area contributed by atoms with E-state index in [9.17, 15) is 4.79 Å². The van der Waals surface area contributed by atoms with Crippen molar-refractivity contribution in [1.82, 2.24) is 10.4 Å². The molecule has 0 saturated carbocycles. The van der Waals surface area contributed by atoms with Crippen LogP contribution in [-0.2, 0) is 16.2 Å². The number of hydrogen-bond acceptors (Lipinski definition) is 4. The third-order valence-corrected chi connectivity index (χ3v) is 3.16. The number of amides is 1. The topological polar surface area (TPSA) is 50.8 Å². The molecule has 1 aromatic rings. The molecule has 0 atom stereocenters. The molecule has 0 aliphatic carbocycles. The van der Waals surface area contributed by atoms with Crippen molar-refractivity contribution >= 4 is 6.09 Å². The van der Waals surface area contributed by atoms with Gasteiger partial charge in [0.05, 0.1) is 6.61 Å². The molecule has 1 fully saturated rings. The predicted octanol–water partition coefficient (Wildman–Crippen LogP) is 2.57. The lowest BCUT2D eigenvalue weighted by molar-refractivity contribution is -0.0220. The van der Waals surface area contributed by atoms with E-state index in [0.29, 0.717) is 12.5 Å². The maximum atomic E-state index is 11.8. The van der Waals surface area contributed by atoms with E-state index in [0.717, 1.165) is 25.2 Å². The van der Waals surface area contributed by atoms with Gasteiger partial charge in [-0.1, -0.05) is 30.3 Å². The largest absolute Gasteiger partial charge is 0.444 e. The van der Waals surface area contributed by atoms with Gasteiger partial charge in [-0.25, -0.2) is 10.3 Å². The van der Waals surface area contributed by atoms with Gasteiger partial charge in [-0.3, -0.25) is 4.84 Å². The molecule has 0 spiro atoms. The lowest BCUT2D eigenvalue weighted by Gasteiger charge is -2.39. The fourth-order valence-electron chi connectivity index (χ4n) is 2.06. The molecule has 1 N–H and O–H groups in total. The van der Waals surface area contributed by atoms with Crippen LogP contribution >= 0.6 is 0 Å². The Kier molecular flexibility index (Phi) is 5.20. The Bertz CT molecular complexity index is 450. The van der Waals surface area contributed by atoms with Crippen LogP contribution in [0.5, 0.6) is 0 Å². The van der Waals surface area contributed by atoms with Crippen molar-refractivity contribution in [3.05, 3.63) is 35.9 Å². The lowest BCUT2D eigenvalue weighted by atomic mass is 10.0. The van der Waals surface area contributed by atoms with Crippen LogP contribution in [0.15, 0.2) is 30.3 Å². The van der Waals surface area contributed by atoms with Crippen LogP contribution in [0.2, 0.25) is 0 Å². The molecule has 0 bridgehead atoms. The van der Waals surface area contributed by atoms with Gasteiger partial charge in [0.15, 0.2) is 0 Å². The molecule has 21 heavy (non-hydrogen) atoms. The number of nitrogens with one attached hydrogen (secondary N) is 1. The first-order valence-electron chi connectivity index (χ1n) is 7.30. The molecule has 2 rings (SSSR count). The highest BCUT2D eigenvalue weighted by molar-refractivity contribution is 5.69. The van der Waals surface area contributed by atoms with Gasteiger partial charge < -0.3 is 9.64 Å². The zero-order valence-corrected chi connectivity index (χ0v) is 13.0. The average Bonchev–Trinajstić information content (AvgIpc) is 2.35. The molecule has 0 aromatic heterocycles. The van der Waals surface area contributed by atoms with Crippen LogP contribution in [0.3, 0.4) is 0 Å². The molecule has 5 nitrogen and oxygen atoms in total. The Morgan fingerprint density at radius 2 is 1.95 bits per heavy atom. The number of nitrogens with zero attached hydrogens (tertiary/aromatic N) is 1. The number of ether oxygens (including phenoxy) is 1. The van der Waals surface area contributed by atoms with Gasteiger partial charge in [-0.05, 0) is 26.3 Å². The lowest BCUT2D eigenvalue weighted by Crippen LogP contribution is -2.54. The molecular weight excluding hydrogens is 268 g/mol. The van der Waals surface area contributed by atoms with Crippen LogP contribution in [0, 0.1) is 5.92 Å². The minimum atomic E-state index is -0.431. The fourth-order valence-corrected chi connectivity index (χ4v) is 2.06. The number of carbonyl (C=O) groups excluding carboxylic acids is 1. The first kappa shape index (κ1) is 15.8. The molecule has 1 aromatic carbocycles. The fraction of sp³-hybridized carbons (Fsp3) is 0.562. The molecule has 1 amide bonds. The standard InChI is InChI=1S/C16H24N2O3/c1-16(2,3)21-15(19)18-10-14(11-18)9-17-20-12-13-7-5-4-6-8-13/h4-8,14,17H,9-12H2,1-3H3. The molecule has 1 aliphatic heterocycles. The zero-order chi connectivity index (χ0) is 15.3. The van der Waals surface area contributed by atoms with Crippen LogP contribution in [0.4, 0.5) is 4.79 Å². The minimum Gasteiger partial charge on any atom is -0.444 e. The number of hydroxylamine groups is 1. The smallest absolute Gasteiger partial charge is 0.410 e. The van der Waals surface area contributed by atoms with Crippen molar-refractivity contribution in [2.75, 3.05) is 19.6 Å². The number of rotatable bonds is 5. The van der Waals surface area contributed by atoms with E-state index < -0.39 is 5.60 Å². The summed E-state index contributed by atoms with van der Waals surface area (Å²) in [5.41, 5.74) is 3.67. The van der Waals surface area contributed by atoms with Crippen LogP contribution in [-0.4, -0.2) is 36.2 Å². The van der Waals surface area contributed by atoms with E-state index in [-0.39, 0.29) is 6.09 Å². The molecule has 1 heterocycles. The van der Waals surface area contributed by atoms with Gasteiger partial charge in [0.2, 0.25) is 0 Å².